The van der Waals surface area contributed by atoms with Gasteiger partial charge >= 0.3 is 6.18 Å². The van der Waals surface area contributed by atoms with Crippen molar-refractivity contribution < 1.29 is 31.1 Å². The molecule has 1 aromatic heterocycles. The Labute approximate surface area is 195 Å². The zero-order valence-electron chi connectivity index (χ0n) is 17.7. The van der Waals surface area contributed by atoms with E-state index in [0.717, 1.165) is 24.3 Å². The Morgan fingerprint density at radius 2 is 2.00 bits per heavy atom. The van der Waals surface area contributed by atoms with Crippen LogP contribution in [-0.4, -0.2) is 35.4 Å². The Morgan fingerprint density at radius 1 is 1.27 bits per heavy atom. The molecule has 0 radical (unpaired) electrons. The number of benzene rings is 1. The van der Waals surface area contributed by atoms with Crippen molar-refractivity contribution >= 4 is 33.3 Å². The quantitative estimate of drug-likeness (QED) is 0.308. The molecular formula is C22H22BrF6N3O. The molecule has 0 bridgehead atoms. The molecule has 1 atom stereocenters. The third kappa shape index (κ3) is 5.80. The molecule has 33 heavy (non-hydrogen) atoms. The Morgan fingerprint density at radius 3 is 2.64 bits per heavy atom. The fraction of sp³-hybridized carbons (Fsp3) is 0.455. The average molecular weight is 538 g/mol. The van der Waals surface area contributed by atoms with E-state index in [9.17, 15) is 31.1 Å². The zero-order valence-corrected chi connectivity index (χ0v) is 19.3. The van der Waals surface area contributed by atoms with Gasteiger partial charge in [0.1, 0.15) is 17.7 Å². The third-order valence-corrected chi connectivity index (χ3v) is 5.97. The molecule has 0 N–H and O–H groups in total. The smallest absolute Gasteiger partial charge is 0.345 e. The minimum absolute atomic E-state index is 0.0333. The van der Waals surface area contributed by atoms with Crippen LogP contribution in [0.4, 0.5) is 37.8 Å². The molecule has 2 aromatic rings. The molecule has 0 saturated carbocycles. The van der Waals surface area contributed by atoms with Gasteiger partial charge in [-0.25, -0.2) is 18.2 Å². The van der Waals surface area contributed by atoms with Crippen LogP contribution in [0.1, 0.15) is 42.5 Å². The molecule has 1 aliphatic heterocycles. The Bertz CT molecular complexity index is 1000. The van der Waals surface area contributed by atoms with Crippen LogP contribution >= 0.6 is 15.9 Å². The van der Waals surface area contributed by atoms with Crippen molar-refractivity contribution in [1.29, 1.82) is 0 Å². The van der Waals surface area contributed by atoms with Gasteiger partial charge in [-0.05, 0) is 56.5 Å². The number of pyridine rings is 1. The third-order valence-electron chi connectivity index (χ3n) is 5.41. The number of hydrogen-bond acceptors (Lipinski definition) is 3. The van der Waals surface area contributed by atoms with Gasteiger partial charge in [-0.2, -0.15) is 13.2 Å². The molecular weight excluding hydrogens is 516 g/mol. The summed E-state index contributed by atoms with van der Waals surface area (Å²) in [5.74, 6) is -1.50. The standard InChI is InChI=1S/C22H22BrF6N3O/c1-13-10-14(22(27,28)29)11-19(30-13)32-8-2-4-18(32)21(33)31(9-3-7-23)15-5-6-17(24)16(12-15)20(25)26/h5-6,10-12,18,20H,2-4,7-9H2,1H3/t18-/m0/s1. The number of aromatic nitrogens is 1. The fourth-order valence-corrected chi connectivity index (χ4v) is 4.14. The first-order valence-corrected chi connectivity index (χ1v) is 11.4. The van der Waals surface area contributed by atoms with Crippen LogP contribution < -0.4 is 9.80 Å². The fourth-order valence-electron chi connectivity index (χ4n) is 3.89. The summed E-state index contributed by atoms with van der Waals surface area (Å²) in [5, 5.41) is 0.530. The molecule has 11 heteroatoms. The minimum atomic E-state index is -4.57. The second-order valence-electron chi connectivity index (χ2n) is 7.74. The van der Waals surface area contributed by atoms with Gasteiger partial charge in [-0.15, -0.1) is 0 Å². The topological polar surface area (TPSA) is 36.4 Å². The molecule has 0 spiro atoms. The number of nitrogens with zero attached hydrogens (tertiary/aromatic N) is 3. The molecule has 1 saturated heterocycles. The van der Waals surface area contributed by atoms with E-state index in [1.165, 1.54) is 22.8 Å². The van der Waals surface area contributed by atoms with Gasteiger partial charge in [0.15, 0.2) is 0 Å². The summed E-state index contributed by atoms with van der Waals surface area (Å²) in [6, 6.07) is 4.10. The van der Waals surface area contributed by atoms with Crippen molar-refractivity contribution in [3.8, 4) is 0 Å². The summed E-state index contributed by atoms with van der Waals surface area (Å²) in [6.45, 7) is 1.93. The summed E-state index contributed by atoms with van der Waals surface area (Å²) in [5.41, 5.74) is -1.41. The number of amides is 1. The van der Waals surface area contributed by atoms with Crippen LogP contribution in [0.3, 0.4) is 0 Å². The first-order valence-electron chi connectivity index (χ1n) is 10.3. The normalized spacial score (nSPS) is 16.5. The lowest BCUT2D eigenvalue weighted by Gasteiger charge is -2.31. The monoisotopic (exact) mass is 537 g/mol. The first-order chi connectivity index (χ1) is 15.5. The van der Waals surface area contributed by atoms with E-state index < -0.39 is 41.5 Å². The predicted molar refractivity (Wildman–Crippen MR) is 116 cm³/mol. The molecule has 4 nitrogen and oxygen atoms in total. The van der Waals surface area contributed by atoms with E-state index in [4.69, 9.17) is 0 Å². The molecule has 1 aromatic carbocycles. The van der Waals surface area contributed by atoms with Gasteiger partial charge in [-0.1, -0.05) is 15.9 Å². The van der Waals surface area contributed by atoms with E-state index in [1.807, 2.05) is 0 Å². The average Bonchev–Trinajstić information content (AvgIpc) is 3.23. The summed E-state index contributed by atoms with van der Waals surface area (Å²) in [4.78, 5) is 20.5. The van der Waals surface area contributed by atoms with Crippen molar-refractivity contribution in [3.05, 3.63) is 53.0 Å². The van der Waals surface area contributed by atoms with Crippen molar-refractivity contribution in [2.75, 3.05) is 28.2 Å². The van der Waals surface area contributed by atoms with Crippen LogP contribution in [0.5, 0.6) is 0 Å². The molecule has 1 aliphatic rings. The summed E-state index contributed by atoms with van der Waals surface area (Å²) >= 11 is 3.27. The van der Waals surface area contributed by atoms with Gasteiger partial charge in [-0.3, -0.25) is 4.79 Å². The highest BCUT2D eigenvalue weighted by atomic mass is 79.9. The van der Waals surface area contributed by atoms with Crippen LogP contribution in [-0.2, 0) is 11.0 Å². The second kappa shape index (κ2) is 10.3. The van der Waals surface area contributed by atoms with Crippen molar-refractivity contribution in [2.24, 2.45) is 0 Å². The first kappa shape index (κ1) is 25.3. The molecule has 180 valence electrons. The number of halogens is 7. The minimum Gasteiger partial charge on any atom is -0.345 e. The lowest BCUT2D eigenvalue weighted by molar-refractivity contribution is -0.137. The molecule has 0 aliphatic carbocycles. The number of carbonyl (C=O) groups is 1. The number of hydrogen-bond donors (Lipinski definition) is 0. The van der Waals surface area contributed by atoms with Gasteiger partial charge in [0.25, 0.3) is 6.43 Å². The second-order valence-corrected chi connectivity index (χ2v) is 8.54. The van der Waals surface area contributed by atoms with Crippen LogP contribution in [0, 0.1) is 12.7 Å². The largest absolute Gasteiger partial charge is 0.416 e. The Balaban J connectivity index is 1.96. The van der Waals surface area contributed by atoms with Crippen molar-refractivity contribution in [2.45, 2.75) is 44.8 Å². The maximum atomic E-state index is 13.8. The Hall–Kier alpha value is -2.30. The Kier molecular flexibility index (Phi) is 7.92. The van der Waals surface area contributed by atoms with Gasteiger partial charge < -0.3 is 9.80 Å². The summed E-state index contributed by atoms with van der Waals surface area (Å²) in [7, 11) is 0. The lowest BCUT2D eigenvalue weighted by Crippen LogP contribution is -2.47. The lowest BCUT2D eigenvalue weighted by atomic mass is 10.1. The SMILES string of the molecule is Cc1cc(C(F)(F)F)cc(N2CCC[C@H]2C(=O)N(CCCBr)c2ccc(F)c(C(F)F)c2)n1. The van der Waals surface area contributed by atoms with Crippen molar-refractivity contribution in [1.82, 2.24) is 4.98 Å². The van der Waals surface area contributed by atoms with Crippen LogP contribution in [0.15, 0.2) is 30.3 Å². The highest BCUT2D eigenvalue weighted by molar-refractivity contribution is 9.09. The summed E-state index contributed by atoms with van der Waals surface area (Å²) in [6.07, 6.45) is -6.22. The molecule has 3 rings (SSSR count). The van der Waals surface area contributed by atoms with E-state index >= 15 is 0 Å². The van der Waals surface area contributed by atoms with E-state index in [2.05, 4.69) is 20.9 Å². The van der Waals surface area contributed by atoms with E-state index in [1.54, 1.807) is 0 Å². The van der Waals surface area contributed by atoms with Gasteiger partial charge in [0.05, 0.1) is 11.1 Å². The number of rotatable bonds is 7. The van der Waals surface area contributed by atoms with E-state index in [-0.39, 0.29) is 23.7 Å². The predicted octanol–water partition coefficient (Wildman–Crippen LogP) is 6.27. The van der Waals surface area contributed by atoms with Crippen LogP contribution in [0.2, 0.25) is 0 Å². The zero-order chi connectivity index (χ0) is 24.3. The maximum Gasteiger partial charge on any atom is 0.416 e. The van der Waals surface area contributed by atoms with Crippen molar-refractivity contribution in [3.63, 3.8) is 0 Å². The highest BCUT2D eigenvalue weighted by Crippen LogP contribution is 2.35. The van der Waals surface area contributed by atoms with Crippen LogP contribution in [0.25, 0.3) is 0 Å². The maximum absolute atomic E-state index is 13.8. The number of alkyl halides is 6. The summed E-state index contributed by atoms with van der Waals surface area (Å²) < 4.78 is 80.1. The number of anilines is 2. The number of carbonyl (C=O) groups excluding carboxylic acids is 1. The molecule has 1 amide bonds. The molecule has 2 heterocycles. The van der Waals surface area contributed by atoms with Gasteiger partial charge in [0, 0.05) is 29.8 Å². The number of aryl methyl sites for hydroxylation is 1. The molecule has 1 fully saturated rings. The van der Waals surface area contributed by atoms with Gasteiger partial charge in [0.2, 0.25) is 5.91 Å². The van der Waals surface area contributed by atoms with E-state index in [0.29, 0.717) is 31.1 Å². The highest BCUT2D eigenvalue weighted by Gasteiger charge is 2.37. The molecule has 0 unspecified atom stereocenters.